The van der Waals surface area contributed by atoms with Gasteiger partial charge in [-0.25, -0.2) is 0 Å². The highest BCUT2D eigenvalue weighted by molar-refractivity contribution is 7.07. The Bertz CT molecular complexity index is 567. The summed E-state index contributed by atoms with van der Waals surface area (Å²) in [5.74, 6) is 0. The Balaban J connectivity index is 2.06. The van der Waals surface area contributed by atoms with Crippen LogP contribution in [0.1, 0.15) is 18.1 Å². The predicted molar refractivity (Wildman–Crippen MR) is 78.9 cm³/mol. The minimum absolute atomic E-state index is 0.160. The predicted octanol–water partition coefficient (Wildman–Crippen LogP) is 4.01. The number of rotatable bonds is 5. The summed E-state index contributed by atoms with van der Waals surface area (Å²) >= 11 is 1.68. The molecule has 1 unspecified atom stereocenters. The Labute approximate surface area is 116 Å². The highest BCUT2D eigenvalue weighted by Crippen LogP contribution is 2.23. The van der Waals surface area contributed by atoms with Gasteiger partial charge in [-0.3, -0.25) is 10.1 Å². The summed E-state index contributed by atoms with van der Waals surface area (Å²) < 4.78 is 0. The summed E-state index contributed by atoms with van der Waals surface area (Å²) in [6.07, 6.45) is 0.908. The summed E-state index contributed by atoms with van der Waals surface area (Å²) in [6.45, 7) is 3.82. The van der Waals surface area contributed by atoms with Gasteiger partial charge in [0.05, 0.1) is 4.92 Å². The van der Waals surface area contributed by atoms with Gasteiger partial charge < -0.3 is 5.32 Å². The second kappa shape index (κ2) is 5.84. The van der Waals surface area contributed by atoms with Crippen molar-refractivity contribution in [1.29, 1.82) is 0 Å². The molecule has 1 atom stereocenters. The van der Waals surface area contributed by atoms with Gasteiger partial charge in [0.1, 0.15) is 0 Å². The average molecular weight is 276 g/mol. The molecule has 0 radical (unpaired) electrons. The first-order chi connectivity index (χ1) is 9.06. The fraction of sp³-hybridized carbons (Fsp3) is 0.286. The average Bonchev–Trinajstić information content (AvgIpc) is 2.84. The molecule has 2 aromatic rings. The zero-order valence-corrected chi connectivity index (χ0v) is 11.7. The van der Waals surface area contributed by atoms with E-state index in [1.807, 2.05) is 6.07 Å². The molecule has 5 heteroatoms. The maximum absolute atomic E-state index is 10.9. The van der Waals surface area contributed by atoms with E-state index < -0.39 is 0 Å². The number of thiophene rings is 1. The van der Waals surface area contributed by atoms with E-state index in [-0.39, 0.29) is 16.7 Å². The molecule has 0 fully saturated rings. The van der Waals surface area contributed by atoms with Gasteiger partial charge in [0.25, 0.3) is 5.69 Å². The molecule has 19 heavy (non-hydrogen) atoms. The van der Waals surface area contributed by atoms with E-state index in [2.05, 4.69) is 29.1 Å². The van der Waals surface area contributed by atoms with Crippen molar-refractivity contribution in [1.82, 2.24) is 0 Å². The van der Waals surface area contributed by atoms with Crippen LogP contribution in [0.15, 0.2) is 35.0 Å². The van der Waals surface area contributed by atoms with Gasteiger partial charge in [-0.05, 0) is 48.7 Å². The number of benzene rings is 1. The van der Waals surface area contributed by atoms with Crippen LogP contribution in [0, 0.1) is 17.0 Å². The van der Waals surface area contributed by atoms with Crippen molar-refractivity contribution >= 4 is 22.7 Å². The van der Waals surface area contributed by atoms with Gasteiger partial charge in [0, 0.05) is 23.4 Å². The topological polar surface area (TPSA) is 55.2 Å². The molecule has 0 aliphatic heterocycles. The first-order valence-electron chi connectivity index (χ1n) is 6.09. The quantitative estimate of drug-likeness (QED) is 0.663. The van der Waals surface area contributed by atoms with Crippen molar-refractivity contribution in [3.8, 4) is 0 Å². The third-order valence-corrected chi connectivity index (χ3v) is 3.67. The molecule has 0 saturated carbocycles. The van der Waals surface area contributed by atoms with Crippen LogP contribution in [-0.2, 0) is 6.42 Å². The van der Waals surface area contributed by atoms with Crippen LogP contribution < -0.4 is 5.32 Å². The van der Waals surface area contributed by atoms with E-state index in [1.54, 1.807) is 30.4 Å². The summed E-state index contributed by atoms with van der Waals surface area (Å²) in [6, 6.07) is 7.58. The molecule has 0 bridgehead atoms. The maximum Gasteiger partial charge on any atom is 0.274 e. The zero-order chi connectivity index (χ0) is 13.8. The highest BCUT2D eigenvalue weighted by atomic mass is 32.1. The molecule has 1 aromatic carbocycles. The molecule has 1 aromatic heterocycles. The normalized spacial score (nSPS) is 12.1. The Morgan fingerprint density at radius 3 is 2.84 bits per heavy atom. The first kappa shape index (κ1) is 13.5. The SMILES string of the molecule is Cc1ccc(NC(C)Cc2ccsc2)cc1[N+](=O)[O-]. The van der Waals surface area contributed by atoms with Gasteiger partial charge in [-0.15, -0.1) is 0 Å². The van der Waals surface area contributed by atoms with Crippen molar-refractivity contribution in [2.75, 3.05) is 5.32 Å². The smallest absolute Gasteiger partial charge is 0.274 e. The van der Waals surface area contributed by atoms with Crippen molar-refractivity contribution in [3.63, 3.8) is 0 Å². The van der Waals surface area contributed by atoms with Crippen LogP contribution >= 0.6 is 11.3 Å². The largest absolute Gasteiger partial charge is 0.382 e. The third-order valence-electron chi connectivity index (χ3n) is 2.94. The Hall–Kier alpha value is -1.88. The lowest BCUT2D eigenvalue weighted by atomic mass is 10.1. The molecular formula is C14H16N2O2S. The third kappa shape index (κ3) is 3.54. The van der Waals surface area contributed by atoms with Crippen LogP contribution in [0.25, 0.3) is 0 Å². The van der Waals surface area contributed by atoms with Crippen molar-refractivity contribution in [2.45, 2.75) is 26.3 Å². The zero-order valence-electron chi connectivity index (χ0n) is 10.9. The van der Waals surface area contributed by atoms with Crippen molar-refractivity contribution in [2.24, 2.45) is 0 Å². The van der Waals surface area contributed by atoms with E-state index in [9.17, 15) is 10.1 Å². The van der Waals surface area contributed by atoms with Crippen LogP contribution in [-0.4, -0.2) is 11.0 Å². The molecule has 2 rings (SSSR count). The summed E-state index contributed by atoms with van der Waals surface area (Å²) in [5.41, 5.74) is 2.92. The van der Waals surface area contributed by atoms with Crippen LogP contribution in [0.3, 0.4) is 0 Å². The second-order valence-corrected chi connectivity index (χ2v) is 5.42. The molecule has 100 valence electrons. The molecule has 0 aliphatic carbocycles. The second-order valence-electron chi connectivity index (χ2n) is 4.64. The summed E-state index contributed by atoms with van der Waals surface area (Å²) in [7, 11) is 0. The number of hydrogen-bond acceptors (Lipinski definition) is 4. The summed E-state index contributed by atoms with van der Waals surface area (Å²) in [5, 5.41) is 18.4. The highest BCUT2D eigenvalue weighted by Gasteiger charge is 2.12. The number of hydrogen-bond donors (Lipinski definition) is 1. The van der Waals surface area contributed by atoms with Gasteiger partial charge in [-0.1, -0.05) is 6.07 Å². The van der Waals surface area contributed by atoms with Gasteiger partial charge >= 0.3 is 0 Å². The number of aryl methyl sites for hydroxylation is 1. The fourth-order valence-electron chi connectivity index (χ4n) is 1.99. The van der Waals surface area contributed by atoms with Crippen LogP contribution in [0.4, 0.5) is 11.4 Å². The number of anilines is 1. The lowest BCUT2D eigenvalue weighted by Crippen LogP contribution is -2.17. The standard InChI is InChI=1S/C14H16N2O2S/c1-10-3-4-13(8-14(10)16(17)18)15-11(2)7-12-5-6-19-9-12/h3-6,8-9,11,15H,7H2,1-2H3. The lowest BCUT2D eigenvalue weighted by Gasteiger charge is -2.14. The molecule has 1 N–H and O–H groups in total. The molecule has 0 amide bonds. The van der Waals surface area contributed by atoms with Crippen molar-refractivity contribution < 1.29 is 4.92 Å². The molecule has 0 spiro atoms. The van der Waals surface area contributed by atoms with Gasteiger partial charge in [0.15, 0.2) is 0 Å². The van der Waals surface area contributed by atoms with Crippen molar-refractivity contribution in [3.05, 3.63) is 56.3 Å². The molecule has 0 aliphatic rings. The maximum atomic E-state index is 10.9. The monoisotopic (exact) mass is 276 g/mol. The minimum Gasteiger partial charge on any atom is -0.382 e. The molecule has 4 nitrogen and oxygen atoms in total. The van der Waals surface area contributed by atoms with E-state index in [1.165, 1.54) is 5.56 Å². The van der Waals surface area contributed by atoms with E-state index in [0.29, 0.717) is 5.56 Å². The lowest BCUT2D eigenvalue weighted by molar-refractivity contribution is -0.385. The fourth-order valence-corrected chi connectivity index (χ4v) is 2.68. The van der Waals surface area contributed by atoms with E-state index in [4.69, 9.17) is 0 Å². The Morgan fingerprint density at radius 1 is 1.42 bits per heavy atom. The van der Waals surface area contributed by atoms with Crippen LogP contribution in [0.5, 0.6) is 0 Å². The number of nitrogens with one attached hydrogen (secondary N) is 1. The minimum atomic E-state index is -0.343. The van der Waals surface area contributed by atoms with E-state index in [0.717, 1.165) is 12.1 Å². The summed E-state index contributed by atoms with van der Waals surface area (Å²) in [4.78, 5) is 10.6. The Morgan fingerprint density at radius 2 is 2.21 bits per heavy atom. The number of nitro groups is 1. The van der Waals surface area contributed by atoms with Crippen LogP contribution in [0.2, 0.25) is 0 Å². The number of nitrogens with zero attached hydrogens (tertiary/aromatic N) is 1. The first-order valence-corrected chi connectivity index (χ1v) is 7.03. The Kier molecular flexibility index (Phi) is 4.16. The van der Waals surface area contributed by atoms with Gasteiger partial charge in [-0.2, -0.15) is 11.3 Å². The molecule has 0 saturated heterocycles. The molecule has 1 heterocycles. The van der Waals surface area contributed by atoms with E-state index >= 15 is 0 Å². The molecular weight excluding hydrogens is 260 g/mol. The van der Waals surface area contributed by atoms with Gasteiger partial charge in [0.2, 0.25) is 0 Å². The number of nitro benzene ring substituents is 1.